The molecule has 0 radical (unpaired) electrons. The number of aromatic nitrogens is 4. The van der Waals surface area contributed by atoms with Crippen molar-refractivity contribution >= 4 is 11.2 Å². The van der Waals surface area contributed by atoms with Crippen LogP contribution in [-0.2, 0) is 12.8 Å². The fraction of sp³-hybridized carbons (Fsp3) is 0.292. The summed E-state index contributed by atoms with van der Waals surface area (Å²) in [5.41, 5.74) is 4.04. The standard InChI is InChI=1S/C24H26N4O/c1-18(29)22(14-8-13-19-9-4-2-5-10-19)28-17-26-21-16-25-23(27-24(21)28)15-20-11-6-3-7-12-20/h2-7,9-12,16-18,22,29H,8,13-15H2,1H3. The highest BCUT2D eigenvalue weighted by Gasteiger charge is 2.20. The molecular weight excluding hydrogens is 360 g/mol. The molecule has 2 atom stereocenters. The smallest absolute Gasteiger partial charge is 0.163 e. The largest absolute Gasteiger partial charge is 0.391 e. The van der Waals surface area contributed by atoms with Crippen LogP contribution in [0.15, 0.2) is 73.2 Å². The normalized spacial score (nSPS) is 13.4. The van der Waals surface area contributed by atoms with Gasteiger partial charge in [0, 0.05) is 6.42 Å². The Morgan fingerprint density at radius 3 is 2.31 bits per heavy atom. The lowest BCUT2D eigenvalue weighted by Gasteiger charge is -2.22. The lowest BCUT2D eigenvalue weighted by atomic mass is 10.0. The summed E-state index contributed by atoms with van der Waals surface area (Å²) in [7, 11) is 0. The van der Waals surface area contributed by atoms with E-state index in [2.05, 4.69) is 46.4 Å². The van der Waals surface area contributed by atoms with Crippen LogP contribution in [0.4, 0.5) is 0 Å². The number of benzene rings is 2. The molecule has 148 valence electrons. The first kappa shape index (κ1) is 19.3. The molecule has 0 saturated carbocycles. The quantitative estimate of drug-likeness (QED) is 0.489. The highest BCUT2D eigenvalue weighted by molar-refractivity contribution is 5.69. The van der Waals surface area contributed by atoms with Crippen LogP contribution in [0.5, 0.6) is 0 Å². The summed E-state index contributed by atoms with van der Waals surface area (Å²) in [6.45, 7) is 1.84. The van der Waals surface area contributed by atoms with E-state index in [4.69, 9.17) is 4.98 Å². The minimum atomic E-state index is -0.490. The number of aliphatic hydroxyl groups excluding tert-OH is 1. The summed E-state index contributed by atoms with van der Waals surface area (Å²) in [6.07, 6.45) is 6.58. The van der Waals surface area contributed by atoms with E-state index in [0.717, 1.165) is 36.3 Å². The van der Waals surface area contributed by atoms with Gasteiger partial charge in [0.25, 0.3) is 0 Å². The van der Waals surface area contributed by atoms with E-state index in [0.29, 0.717) is 6.42 Å². The molecule has 0 aliphatic carbocycles. The number of fused-ring (bicyclic) bond motifs is 1. The average molecular weight is 386 g/mol. The summed E-state index contributed by atoms with van der Waals surface area (Å²) >= 11 is 0. The predicted molar refractivity (Wildman–Crippen MR) is 115 cm³/mol. The molecular formula is C24H26N4O. The van der Waals surface area contributed by atoms with Crippen LogP contribution in [0.2, 0.25) is 0 Å². The fourth-order valence-electron chi connectivity index (χ4n) is 3.74. The molecule has 2 aromatic heterocycles. The van der Waals surface area contributed by atoms with Crippen LogP contribution < -0.4 is 0 Å². The van der Waals surface area contributed by atoms with Crippen molar-refractivity contribution < 1.29 is 5.11 Å². The van der Waals surface area contributed by atoms with E-state index < -0.39 is 6.10 Å². The number of nitrogens with zero attached hydrogens (tertiary/aromatic N) is 4. The maximum absolute atomic E-state index is 10.5. The van der Waals surface area contributed by atoms with E-state index in [1.165, 1.54) is 11.1 Å². The summed E-state index contributed by atoms with van der Waals surface area (Å²) in [6, 6.07) is 20.6. The number of imidazole rings is 1. The van der Waals surface area contributed by atoms with E-state index >= 15 is 0 Å². The Morgan fingerprint density at radius 2 is 1.62 bits per heavy atom. The molecule has 5 nitrogen and oxygen atoms in total. The predicted octanol–water partition coefficient (Wildman–Crippen LogP) is 4.36. The molecule has 0 amide bonds. The molecule has 0 spiro atoms. The second-order valence-corrected chi connectivity index (χ2v) is 7.50. The second kappa shape index (κ2) is 8.97. The van der Waals surface area contributed by atoms with Crippen LogP contribution >= 0.6 is 0 Å². The van der Waals surface area contributed by atoms with Gasteiger partial charge in [-0.15, -0.1) is 0 Å². The fourth-order valence-corrected chi connectivity index (χ4v) is 3.74. The third kappa shape index (κ3) is 4.69. The highest BCUT2D eigenvalue weighted by Crippen LogP contribution is 2.24. The van der Waals surface area contributed by atoms with Gasteiger partial charge in [0.15, 0.2) is 5.65 Å². The van der Waals surface area contributed by atoms with Gasteiger partial charge in [-0.25, -0.2) is 15.0 Å². The van der Waals surface area contributed by atoms with Gasteiger partial charge in [-0.2, -0.15) is 0 Å². The van der Waals surface area contributed by atoms with Gasteiger partial charge < -0.3 is 9.67 Å². The summed E-state index contributed by atoms with van der Waals surface area (Å²) in [5.74, 6) is 0.763. The SMILES string of the molecule is CC(O)C(CCCc1ccccc1)n1cnc2cnc(Cc3ccccc3)nc21. The summed E-state index contributed by atoms with van der Waals surface area (Å²) in [5, 5.41) is 10.5. The van der Waals surface area contributed by atoms with Crippen LogP contribution in [-0.4, -0.2) is 30.7 Å². The number of hydrogen-bond donors (Lipinski definition) is 1. The van der Waals surface area contributed by atoms with Gasteiger partial charge >= 0.3 is 0 Å². The molecule has 4 rings (SSSR count). The van der Waals surface area contributed by atoms with Gasteiger partial charge in [-0.3, -0.25) is 0 Å². The maximum atomic E-state index is 10.5. The molecule has 2 heterocycles. The number of rotatable bonds is 8. The molecule has 29 heavy (non-hydrogen) atoms. The van der Waals surface area contributed by atoms with Gasteiger partial charge in [0.2, 0.25) is 0 Å². The highest BCUT2D eigenvalue weighted by atomic mass is 16.3. The van der Waals surface area contributed by atoms with E-state index in [9.17, 15) is 5.11 Å². The molecule has 0 aliphatic heterocycles. The van der Waals surface area contributed by atoms with Gasteiger partial charge in [-0.1, -0.05) is 60.7 Å². The van der Waals surface area contributed by atoms with Crippen LogP contribution in [0.1, 0.15) is 42.8 Å². The lowest BCUT2D eigenvalue weighted by Crippen LogP contribution is -2.21. The Balaban J connectivity index is 1.54. The molecule has 0 bridgehead atoms. The van der Waals surface area contributed by atoms with Crippen molar-refractivity contribution in [2.75, 3.05) is 0 Å². The van der Waals surface area contributed by atoms with Crippen molar-refractivity contribution in [1.29, 1.82) is 0 Å². The van der Waals surface area contributed by atoms with Crippen molar-refractivity contribution in [3.8, 4) is 0 Å². The average Bonchev–Trinajstić information content (AvgIpc) is 3.15. The molecule has 2 unspecified atom stereocenters. The number of aliphatic hydroxyl groups is 1. The summed E-state index contributed by atoms with van der Waals surface area (Å²) in [4.78, 5) is 13.7. The second-order valence-electron chi connectivity index (χ2n) is 7.50. The van der Waals surface area contributed by atoms with Crippen molar-refractivity contribution in [3.63, 3.8) is 0 Å². The lowest BCUT2D eigenvalue weighted by molar-refractivity contribution is 0.125. The van der Waals surface area contributed by atoms with Crippen molar-refractivity contribution in [2.45, 2.75) is 44.8 Å². The van der Waals surface area contributed by atoms with Crippen LogP contribution in [0.3, 0.4) is 0 Å². The van der Waals surface area contributed by atoms with E-state index in [-0.39, 0.29) is 6.04 Å². The number of hydrogen-bond acceptors (Lipinski definition) is 4. The molecule has 0 saturated heterocycles. The molecule has 0 fully saturated rings. The van der Waals surface area contributed by atoms with Crippen molar-refractivity contribution in [3.05, 3.63) is 90.1 Å². The zero-order valence-corrected chi connectivity index (χ0v) is 16.6. The van der Waals surface area contributed by atoms with Crippen LogP contribution in [0.25, 0.3) is 11.2 Å². The van der Waals surface area contributed by atoms with E-state index in [1.807, 2.05) is 35.8 Å². The van der Waals surface area contributed by atoms with Gasteiger partial charge in [0.05, 0.1) is 24.7 Å². The third-order valence-corrected chi connectivity index (χ3v) is 5.29. The third-order valence-electron chi connectivity index (χ3n) is 5.29. The van der Waals surface area contributed by atoms with Gasteiger partial charge in [0.1, 0.15) is 11.3 Å². The minimum absolute atomic E-state index is 0.0665. The Bertz CT molecular complexity index is 1040. The van der Waals surface area contributed by atoms with Crippen molar-refractivity contribution in [2.24, 2.45) is 0 Å². The van der Waals surface area contributed by atoms with E-state index in [1.54, 1.807) is 12.5 Å². The monoisotopic (exact) mass is 386 g/mol. The first-order chi connectivity index (χ1) is 14.2. The Morgan fingerprint density at radius 1 is 0.931 bits per heavy atom. The molecule has 0 aliphatic rings. The van der Waals surface area contributed by atoms with Crippen LogP contribution in [0, 0.1) is 0 Å². The number of aryl methyl sites for hydroxylation is 1. The Kier molecular flexibility index (Phi) is 5.96. The first-order valence-electron chi connectivity index (χ1n) is 10.1. The topological polar surface area (TPSA) is 63.8 Å². The minimum Gasteiger partial charge on any atom is -0.391 e. The molecule has 2 aromatic carbocycles. The Hall–Kier alpha value is -3.05. The maximum Gasteiger partial charge on any atom is 0.163 e. The molecule has 4 aromatic rings. The van der Waals surface area contributed by atoms with Gasteiger partial charge in [-0.05, 0) is 37.3 Å². The van der Waals surface area contributed by atoms with Crippen molar-refractivity contribution in [1.82, 2.24) is 19.5 Å². The summed E-state index contributed by atoms with van der Waals surface area (Å²) < 4.78 is 2.02. The molecule has 1 N–H and O–H groups in total. The Labute approximate surface area is 171 Å². The zero-order chi connectivity index (χ0) is 20.1. The first-order valence-corrected chi connectivity index (χ1v) is 10.1. The zero-order valence-electron chi connectivity index (χ0n) is 16.6. The molecule has 5 heteroatoms.